The van der Waals surface area contributed by atoms with Crippen LogP contribution in [0.25, 0.3) is 17.5 Å². The van der Waals surface area contributed by atoms with E-state index in [0.717, 1.165) is 0 Å². The second kappa shape index (κ2) is 8.22. The van der Waals surface area contributed by atoms with E-state index in [9.17, 15) is 13.6 Å². The molecule has 0 aliphatic carbocycles. The van der Waals surface area contributed by atoms with Gasteiger partial charge in [0.05, 0.1) is 5.69 Å². The summed E-state index contributed by atoms with van der Waals surface area (Å²) in [6.45, 7) is -1.20. The monoisotopic (exact) mass is 371 g/mol. The van der Waals surface area contributed by atoms with E-state index in [4.69, 9.17) is 4.52 Å². The Labute approximate surface area is 153 Å². The molecule has 1 amide bonds. The molecule has 0 saturated carbocycles. The molecule has 0 spiro atoms. The summed E-state index contributed by atoms with van der Waals surface area (Å²) in [6, 6.07) is 13.0. The molecule has 0 unspecified atom stereocenters. The van der Waals surface area contributed by atoms with E-state index in [1.54, 1.807) is 49.4 Å². The molecule has 138 valence electrons. The van der Waals surface area contributed by atoms with E-state index in [1.165, 1.54) is 18.2 Å². The summed E-state index contributed by atoms with van der Waals surface area (Å²) in [5.41, 5.74) is 1.83. The lowest BCUT2D eigenvalue weighted by Gasteiger charge is -2.06. The summed E-state index contributed by atoms with van der Waals surface area (Å²) in [5.74, 6) is 0.485. The van der Waals surface area contributed by atoms with Crippen molar-refractivity contribution in [1.29, 1.82) is 0 Å². The molecule has 0 bridgehead atoms. The number of alkyl halides is 2. The number of hydrogen-bond acceptors (Lipinski definition) is 5. The zero-order valence-corrected chi connectivity index (χ0v) is 14.2. The summed E-state index contributed by atoms with van der Waals surface area (Å²) in [7, 11) is 0. The van der Waals surface area contributed by atoms with Crippen LogP contribution in [0.1, 0.15) is 11.5 Å². The third-order valence-corrected chi connectivity index (χ3v) is 3.49. The number of aromatic nitrogens is 2. The largest absolute Gasteiger partial charge is 0.435 e. The zero-order chi connectivity index (χ0) is 19.2. The van der Waals surface area contributed by atoms with Crippen molar-refractivity contribution in [2.45, 2.75) is 13.5 Å². The molecule has 1 heterocycles. The molecular weight excluding hydrogens is 356 g/mol. The minimum atomic E-state index is -2.87. The van der Waals surface area contributed by atoms with Crippen molar-refractivity contribution in [2.24, 2.45) is 0 Å². The number of carbonyl (C=O) groups is 1. The van der Waals surface area contributed by atoms with E-state index < -0.39 is 6.61 Å². The van der Waals surface area contributed by atoms with E-state index in [0.29, 0.717) is 28.5 Å². The van der Waals surface area contributed by atoms with Crippen molar-refractivity contribution < 1.29 is 22.8 Å². The lowest BCUT2D eigenvalue weighted by Crippen LogP contribution is -2.09. The smallest absolute Gasteiger partial charge is 0.387 e. The summed E-state index contributed by atoms with van der Waals surface area (Å²) in [6.07, 6.45) is 2.89. The minimum Gasteiger partial charge on any atom is -0.435 e. The fraction of sp³-hybridized carbons (Fsp3) is 0.105. The molecular formula is C19H15F2N3O3. The first-order chi connectivity index (χ1) is 13.0. The van der Waals surface area contributed by atoms with Gasteiger partial charge in [-0.15, -0.1) is 0 Å². The van der Waals surface area contributed by atoms with Crippen LogP contribution in [0, 0.1) is 6.92 Å². The number of ether oxygens (including phenoxy) is 1. The van der Waals surface area contributed by atoms with E-state index in [2.05, 4.69) is 20.2 Å². The van der Waals surface area contributed by atoms with Crippen molar-refractivity contribution in [3.63, 3.8) is 0 Å². The molecule has 3 aromatic rings. The first kappa shape index (κ1) is 18.2. The molecule has 8 heteroatoms. The molecule has 0 aliphatic heterocycles. The predicted molar refractivity (Wildman–Crippen MR) is 95.2 cm³/mol. The molecule has 0 atom stereocenters. The molecule has 6 nitrogen and oxygen atoms in total. The Kier molecular flexibility index (Phi) is 5.55. The number of hydrogen-bond donors (Lipinski definition) is 1. The minimum absolute atomic E-state index is 0.0518. The third-order valence-electron chi connectivity index (χ3n) is 3.49. The average Bonchev–Trinajstić information content (AvgIpc) is 3.07. The van der Waals surface area contributed by atoms with Gasteiger partial charge in [-0.3, -0.25) is 4.79 Å². The number of nitrogens with zero attached hydrogens (tertiary/aromatic N) is 2. The second-order valence-corrected chi connectivity index (χ2v) is 5.45. The first-order valence-corrected chi connectivity index (χ1v) is 7.95. The number of aryl methyl sites for hydroxylation is 1. The van der Waals surface area contributed by atoms with Crippen LogP contribution in [-0.2, 0) is 4.79 Å². The molecule has 0 saturated heterocycles. The second-order valence-electron chi connectivity index (χ2n) is 5.45. The highest BCUT2D eigenvalue weighted by molar-refractivity contribution is 6.03. The maximum atomic E-state index is 12.2. The van der Waals surface area contributed by atoms with Crippen LogP contribution in [0.2, 0.25) is 0 Å². The number of rotatable bonds is 6. The summed E-state index contributed by atoms with van der Waals surface area (Å²) < 4.78 is 33.5. The maximum Gasteiger partial charge on any atom is 0.387 e. The summed E-state index contributed by atoms with van der Waals surface area (Å²) >= 11 is 0. The maximum absolute atomic E-state index is 12.2. The number of carbonyl (C=O) groups excluding carboxylic acids is 1. The zero-order valence-electron chi connectivity index (χ0n) is 14.2. The van der Waals surface area contributed by atoms with Gasteiger partial charge in [0.2, 0.25) is 17.6 Å². The Morgan fingerprint density at radius 1 is 1.19 bits per heavy atom. The van der Waals surface area contributed by atoms with Gasteiger partial charge in [-0.1, -0.05) is 29.4 Å². The van der Waals surface area contributed by atoms with Gasteiger partial charge >= 0.3 is 6.61 Å². The Morgan fingerprint density at radius 2 is 1.93 bits per heavy atom. The van der Waals surface area contributed by atoms with Gasteiger partial charge in [-0.25, -0.2) is 0 Å². The Morgan fingerprint density at radius 3 is 2.59 bits per heavy atom. The van der Waals surface area contributed by atoms with E-state index in [1.807, 2.05) is 0 Å². The van der Waals surface area contributed by atoms with Crippen LogP contribution in [0.5, 0.6) is 5.75 Å². The number of benzene rings is 2. The number of amides is 1. The lowest BCUT2D eigenvalue weighted by atomic mass is 10.1. The number of halogens is 2. The molecule has 2 aromatic carbocycles. The van der Waals surface area contributed by atoms with Crippen molar-refractivity contribution in [1.82, 2.24) is 10.1 Å². The average molecular weight is 371 g/mol. The topological polar surface area (TPSA) is 77.2 Å². The van der Waals surface area contributed by atoms with Crippen LogP contribution < -0.4 is 10.1 Å². The van der Waals surface area contributed by atoms with E-state index in [-0.39, 0.29) is 11.7 Å². The van der Waals surface area contributed by atoms with Gasteiger partial charge in [0.1, 0.15) is 5.75 Å². The third kappa shape index (κ3) is 4.97. The highest BCUT2D eigenvalue weighted by Crippen LogP contribution is 2.25. The van der Waals surface area contributed by atoms with Gasteiger partial charge in [0.15, 0.2) is 0 Å². The fourth-order valence-corrected chi connectivity index (χ4v) is 2.30. The number of para-hydroxylation sites is 1. The SMILES string of the molecule is Cc1nc(-c2ccccc2NC(=O)/C=C/c2ccc(OC(F)F)cc2)no1. The molecule has 1 aromatic heterocycles. The highest BCUT2D eigenvalue weighted by atomic mass is 19.3. The van der Waals surface area contributed by atoms with Gasteiger partial charge in [-0.2, -0.15) is 13.8 Å². The Balaban J connectivity index is 1.68. The molecule has 0 fully saturated rings. The van der Waals surface area contributed by atoms with Crippen LogP contribution in [-0.4, -0.2) is 22.7 Å². The normalized spacial score (nSPS) is 11.1. The molecule has 0 aliphatic rings. The quantitative estimate of drug-likeness (QED) is 0.654. The number of anilines is 1. The fourth-order valence-electron chi connectivity index (χ4n) is 2.30. The Bertz CT molecular complexity index is 953. The predicted octanol–water partition coefficient (Wildman–Crippen LogP) is 4.30. The lowest BCUT2D eigenvalue weighted by molar-refractivity contribution is -0.111. The van der Waals surface area contributed by atoms with Gasteiger partial charge in [0, 0.05) is 18.6 Å². The number of nitrogens with one attached hydrogen (secondary N) is 1. The van der Waals surface area contributed by atoms with Crippen LogP contribution >= 0.6 is 0 Å². The molecule has 0 radical (unpaired) electrons. The van der Waals surface area contributed by atoms with Crippen molar-refractivity contribution in [3.8, 4) is 17.1 Å². The summed E-state index contributed by atoms with van der Waals surface area (Å²) in [5, 5.41) is 6.61. The van der Waals surface area contributed by atoms with Crippen LogP contribution in [0.15, 0.2) is 59.1 Å². The van der Waals surface area contributed by atoms with Gasteiger partial charge in [-0.05, 0) is 35.9 Å². The van der Waals surface area contributed by atoms with Crippen molar-refractivity contribution in [3.05, 3.63) is 66.1 Å². The Hall–Kier alpha value is -3.55. The highest BCUT2D eigenvalue weighted by Gasteiger charge is 2.11. The van der Waals surface area contributed by atoms with Gasteiger partial charge in [0.25, 0.3) is 0 Å². The van der Waals surface area contributed by atoms with Crippen molar-refractivity contribution in [2.75, 3.05) is 5.32 Å². The molecule has 1 N–H and O–H groups in total. The van der Waals surface area contributed by atoms with E-state index >= 15 is 0 Å². The van der Waals surface area contributed by atoms with Crippen LogP contribution in [0.4, 0.5) is 14.5 Å². The molecule has 3 rings (SSSR count). The first-order valence-electron chi connectivity index (χ1n) is 7.95. The van der Waals surface area contributed by atoms with Gasteiger partial charge < -0.3 is 14.6 Å². The molecule has 27 heavy (non-hydrogen) atoms. The standard InChI is InChI=1S/C19H15F2N3O3/c1-12-22-18(24-27-12)15-4-2-3-5-16(15)23-17(25)11-8-13-6-9-14(10-7-13)26-19(20)21/h2-11,19H,1H3,(H,23,25)/b11-8+. The summed E-state index contributed by atoms with van der Waals surface area (Å²) in [4.78, 5) is 16.4. The van der Waals surface area contributed by atoms with Crippen LogP contribution in [0.3, 0.4) is 0 Å². The van der Waals surface area contributed by atoms with Crippen molar-refractivity contribution >= 4 is 17.7 Å².